The molecule has 0 unspecified atom stereocenters. The van der Waals surface area contributed by atoms with Gasteiger partial charge in [-0.15, -0.1) is 0 Å². The maximum absolute atomic E-state index is 4.45. The second-order valence-electron chi connectivity index (χ2n) is 5.58. The highest BCUT2D eigenvalue weighted by Gasteiger charge is 2.44. The van der Waals surface area contributed by atoms with Crippen molar-refractivity contribution >= 4 is 5.69 Å². The van der Waals surface area contributed by atoms with Crippen molar-refractivity contribution in [2.75, 3.05) is 5.32 Å². The molecule has 0 spiro atoms. The number of para-hydroxylation sites is 1. The standard InChI is InChI=1S/C18H17N3/c1-3-7-15(8-4-1)18(11-12-18)20-16-13-19-21(14-16)17-9-5-2-6-10-17/h1-10,13-14,20H,11-12H2. The zero-order valence-corrected chi connectivity index (χ0v) is 11.7. The van der Waals surface area contributed by atoms with Crippen LogP contribution < -0.4 is 5.32 Å². The van der Waals surface area contributed by atoms with Gasteiger partial charge in [-0.25, -0.2) is 4.68 Å². The highest BCUT2D eigenvalue weighted by Crippen LogP contribution is 2.48. The summed E-state index contributed by atoms with van der Waals surface area (Å²) < 4.78 is 1.91. The lowest BCUT2D eigenvalue weighted by Gasteiger charge is -2.17. The highest BCUT2D eigenvalue weighted by atomic mass is 15.3. The lowest BCUT2D eigenvalue weighted by Crippen LogP contribution is -2.18. The minimum Gasteiger partial charge on any atom is -0.373 e. The minimum absolute atomic E-state index is 0.103. The number of hydrogen-bond donors (Lipinski definition) is 1. The Hall–Kier alpha value is -2.55. The molecule has 1 aliphatic rings. The fourth-order valence-corrected chi connectivity index (χ4v) is 2.75. The molecule has 104 valence electrons. The summed E-state index contributed by atoms with van der Waals surface area (Å²) in [6.45, 7) is 0. The molecule has 1 aromatic heterocycles. The first kappa shape index (κ1) is 12.2. The Labute approximate surface area is 124 Å². The highest BCUT2D eigenvalue weighted by molar-refractivity contribution is 5.49. The fourth-order valence-electron chi connectivity index (χ4n) is 2.75. The molecule has 0 amide bonds. The number of benzene rings is 2. The average Bonchev–Trinajstić information content (AvgIpc) is 3.19. The van der Waals surface area contributed by atoms with Gasteiger partial charge in [0.1, 0.15) is 0 Å². The molecule has 1 fully saturated rings. The van der Waals surface area contributed by atoms with Crippen molar-refractivity contribution in [1.29, 1.82) is 0 Å². The Morgan fingerprint density at radius 1 is 0.905 bits per heavy atom. The SMILES string of the molecule is c1ccc(-n2cc(NC3(c4ccccc4)CC3)cn2)cc1. The number of nitrogens with one attached hydrogen (secondary N) is 1. The first-order valence-corrected chi connectivity index (χ1v) is 7.30. The van der Waals surface area contributed by atoms with Crippen molar-refractivity contribution in [3.8, 4) is 5.69 Å². The van der Waals surface area contributed by atoms with E-state index >= 15 is 0 Å². The van der Waals surface area contributed by atoms with Crippen LogP contribution in [0.3, 0.4) is 0 Å². The van der Waals surface area contributed by atoms with Crippen molar-refractivity contribution in [1.82, 2.24) is 9.78 Å². The summed E-state index contributed by atoms with van der Waals surface area (Å²) in [5, 5.41) is 8.10. The monoisotopic (exact) mass is 275 g/mol. The van der Waals surface area contributed by atoms with Gasteiger partial charge in [0.2, 0.25) is 0 Å². The van der Waals surface area contributed by atoms with Crippen molar-refractivity contribution in [2.24, 2.45) is 0 Å². The van der Waals surface area contributed by atoms with Crippen molar-refractivity contribution in [2.45, 2.75) is 18.4 Å². The molecule has 0 aliphatic heterocycles. The third-order valence-corrected chi connectivity index (χ3v) is 4.06. The molecule has 1 aliphatic carbocycles. The minimum atomic E-state index is 0.103. The third-order valence-electron chi connectivity index (χ3n) is 4.06. The van der Waals surface area contributed by atoms with Gasteiger partial charge in [0, 0.05) is 0 Å². The van der Waals surface area contributed by atoms with Crippen LogP contribution >= 0.6 is 0 Å². The molecule has 4 rings (SSSR count). The summed E-state index contributed by atoms with van der Waals surface area (Å²) in [6, 6.07) is 20.8. The maximum Gasteiger partial charge on any atom is 0.0738 e. The summed E-state index contributed by atoms with van der Waals surface area (Å²) in [6.07, 6.45) is 6.30. The molecule has 3 heteroatoms. The van der Waals surface area contributed by atoms with Gasteiger partial charge in [0.05, 0.1) is 29.3 Å². The van der Waals surface area contributed by atoms with Gasteiger partial charge >= 0.3 is 0 Å². The van der Waals surface area contributed by atoms with E-state index in [0.29, 0.717) is 0 Å². The van der Waals surface area contributed by atoms with E-state index in [-0.39, 0.29) is 5.54 Å². The summed E-state index contributed by atoms with van der Waals surface area (Å²) in [5.74, 6) is 0. The number of anilines is 1. The van der Waals surface area contributed by atoms with Crippen LogP contribution in [0.15, 0.2) is 73.1 Å². The van der Waals surface area contributed by atoms with Crippen LogP contribution in [0.5, 0.6) is 0 Å². The maximum atomic E-state index is 4.45. The Kier molecular flexibility index (Phi) is 2.78. The molecule has 3 aromatic rings. The van der Waals surface area contributed by atoms with Crippen LogP contribution in [0.25, 0.3) is 5.69 Å². The van der Waals surface area contributed by atoms with Crippen LogP contribution in [-0.4, -0.2) is 9.78 Å². The summed E-state index contributed by atoms with van der Waals surface area (Å²) in [7, 11) is 0. The average molecular weight is 275 g/mol. The van der Waals surface area contributed by atoms with Crippen LogP contribution in [0, 0.1) is 0 Å². The molecule has 2 aromatic carbocycles. The lowest BCUT2D eigenvalue weighted by atomic mass is 10.1. The molecular formula is C18H17N3. The molecule has 0 atom stereocenters. The molecule has 3 nitrogen and oxygen atoms in total. The number of nitrogens with zero attached hydrogens (tertiary/aromatic N) is 2. The van der Waals surface area contributed by atoms with E-state index in [1.807, 2.05) is 29.1 Å². The molecule has 0 radical (unpaired) electrons. The van der Waals surface area contributed by atoms with Gasteiger partial charge in [0.15, 0.2) is 0 Å². The van der Waals surface area contributed by atoms with Gasteiger partial charge < -0.3 is 5.32 Å². The normalized spacial score (nSPS) is 15.6. The first-order valence-electron chi connectivity index (χ1n) is 7.30. The predicted molar refractivity (Wildman–Crippen MR) is 84.5 cm³/mol. The molecule has 1 heterocycles. The second-order valence-corrected chi connectivity index (χ2v) is 5.58. The Balaban J connectivity index is 1.58. The molecule has 0 saturated heterocycles. The topological polar surface area (TPSA) is 29.9 Å². The Morgan fingerprint density at radius 3 is 2.24 bits per heavy atom. The second kappa shape index (κ2) is 4.77. The first-order chi connectivity index (χ1) is 10.4. The molecule has 0 bridgehead atoms. The van der Waals surface area contributed by atoms with Crippen LogP contribution in [0.2, 0.25) is 0 Å². The predicted octanol–water partition coefficient (Wildman–Crippen LogP) is 3.97. The fraction of sp³-hybridized carbons (Fsp3) is 0.167. The van der Waals surface area contributed by atoms with Crippen molar-refractivity contribution in [3.05, 3.63) is 78.6 Å². The van der Waals surface area contributed by atoms with Gasteiger partial charge in [-0.05, 0) is 30.5 Å². The van der Waals surface area contributed by atoms with Gasteiger partial charge in [-0.2, -0.15) is 5.10 Å². The van der Waals surface area contributed by atoms with E-state index in [1.54, 1.807) is 0 Å². The zero-order chi connectivity index (χ0) is 14.1. The van der Waals surface area contributed by atoms with Crippen molar-refractivity contribution < 1.29 is 0 Å². The van der Waals surface area contributed by atoms with Crippen LogP contribution in [0.4, 0.5) is 5.69 Å². The summed E-state index contributed by atoms with van der Waals surface area (Å²) in [4.78, 5) is 0. The van der Waals surface area contributed by atoms with E-state index in [4.69, 9.17) is 0 Å². The number of rotatable bonds is 4. The summed E-state index contributed by atoms with van der Waals surface area (Å²) in [5.41, 5.74) is 3.61. The number of aromatic nitrogens is 2. The van der Waals surface area contributed by atoms with E-state index in [2.05, 4.69) is 59.1 Å². The number of hydrogen-bond acceptors (Lipinski definition) is 2. The largest absolute Gasteiger partial charge is 0.373 e. The van der Waals surface area contributed by atoms with Crippen LogP contribution in [0.1, 0.15) is 18.4 Å². The van der Waals surface area contributed by atoms with E-state index in [1.165, 1.54) is 18.4 Å². The molecular weight excluding hydrogens is 258 g/mol. The smallest absolute Gasteiger partial charge is 0.0738 e. The molecule has 1 N–H and O–H groups in total. The van der Waals surface area contributed by atoms with Gasteiger partial charge in [-0.3, -0.25) is 0 Å². The van der Waals surface area contributed by atoms with E-state index in [0.717, 1.165) is 11.4 Å². The third kappa shape index (κ3) is 2.31. The summed E-state index contributed by atoms with van der Waals surface area (Å²) >= 11 is 0. The zero-order valence-electron chi connectivity index (χ0n) is 11.7. The quantitative estimate of drug-likeness (QED) is 0.780. The van der Waals surface area contributed by atoms with Crippen molar-refractivity contribution in [3.63, 3.8) is 0 Å². The van der Waals surface area contributed by atoms with Gasteiger partial charge in [0.25, 0.3) is 0 Å². The van der Waals surface area contributed by atoms with E-state index < -0.39 is 0 Å². The van der Waals surface area contributed by atoms with Gasteiger partial charge in [-0.1, -0.05) is 48.5 Å². The van der Waals surface area contributed by atoms with Crippen LogP contribution in [-0.2, 0) is 5.54 Å². The molecule has 1 saturated carbocycles. The molecule has 21 heavy (non-hydrogen) atoms. The Bertz CT molecular complexity index is 727. The van der Waals surface area contributed by atoms with E-state index in [9.17, 15) is 0 Å². The lowest BCUT2D eigenvalue weighted by molar-refractivity contribution is 0.808. The Morgan fingerprint density at radius 2 is 1.57 bits per heavy atom.